The van der Waals surface area contributed by atoms with Crippen LogP contribution in [0.3, 0.4) is 0 Å². The number of aromatic nitrogens is 1. The quantitative estimate of drug-likeness (QED) is 0.620. The van der Waals surface area contributed by atoms with Crippen molar-refractivity contribution in [3.63, 3.8) is 0 Å². The van der Waals surface area contributed by atoms with Gasteiger partial charge in [0.2, 0.25) is 0 Å². The number of benzene rings is 1. The minimum atomic E-state index is -0.295. The predicted octanol–water partition coefficient (Wildman–Crippen LogP) is 3.16. The van der Waals surface area contributed by atoms with Gasteiger partial charge >= 0.3 is 5.97 Å². The molecule has 0 unspecified atom stereocenters. The summed E-state index contributed by atoms with van der Waals surface area (Å²) in [5, 5.41) is 1.08. The Kier molecular flexibility index (Phi) is 4.45. The number of hydrogen-bond donors (Lipinski definition) is 0. The summed E-state index contributed by atoms with van der Waals surface area (Å²) in [5.74, 6) is 0.592. The summed E-state index contributed by atoms with van der Waals surface area (Å²) in [6.07, 6.45) is 3.85. The Hall–Kier alpha value is -2.23. The van der Waals surface area contributed by atoms with Crippen LogP contribution in [-0.4, -0.2) is 24.3 Å². The summed E-state index contributed by atoms with van der Waals surface area (Å²) in [6.45, 7) is 4.99. The number of carbonyl (C=O) groups excluding carboxylic acids is 1. The molecule has 0 N–H and O–H groups in total. The van der Waals surface area contributed by atoms with Crippen LogP contribution in [0.2, 0.25) is 0 Å². The molecule has 1 aromatic carbocycles. The van der Waals surface area contributed by atoms with Crippen LogP contribution in [0.5, 0.6) is 5.75 Å². The lowest BCUT2D eigenvalue weighted by molar-refractivity contribution is -0.136. The average Bonchev–Trinajstić information content (AvgIpc) is 2.88. The van der Waals surface area contributed by atoms with E-state index in [0.717, 1.165) is 16.7 Å². The highest BCUT2D eigenvalue weighted by Gasteiger charge is 2.06. The topological polar surface area (TPSA) is 40.5 Å². The van der Waals surface area contributed by atoms with Crippen LogP contribution in [-0.2, 0) is 16.1 Å². The van der Waals surface area contributed by atoms with Gasteiger partial charge in [0.15, 0.2) is 0 Å². The normalized spacial score (nSPS) is 11.7. The van der Waals surface area contributed by atoms with Crippen LogP contribution in [0.1, 0.15) is 13.8 Å². The summed E-state index contributed by atoms with van der Waals surface area (Å²) >= 11 is 0. The Bertz CT molecular complexity index is 640. The molecule has 4 heteroatoms. The fourth-order valence-corrected chi connectivity index (χ4v) is 2.12. The summed E-state index contributed by atoms with van der Waals surface area (Å²) < 4.78 is 12.4. The van der Waals surface area contributed by atoms with E-state index >= 15 is 0 Å². The van der Waals surface area contributed by atoms with Gasteiger partial charge in [-0.05, 0) is 32.0 Å². The molecule has 0 aliphatic rings. The number of methoxy groups -OCH3 is 1. The van der Waals surface area contributed by atoms with Gasteiger partial charge in [-0.15, -0.1) is 0 Å². The third kappa shape index (κ3) is 2.85. The van der Waals surface area contributed by atoms with Crippen LogP contribution in [0, 0.1) is 0 Å². The van der Waals surface area contributed by atoms with E-state index in [0.29, 0.717) is 18.7 Å². The van der Waals surface area contributed by atoms with E-state index in [9.17, 15) is 4.79 Å². The zero-order valence-corrected chi connectivity index (χ0v) is 12.1. The van der Waals surface area contributed by atoms with Crippen LogP contribution in [0.25, 0.3) is 10.9 Å². The van der Waals surface area contributed by atoms with Gasteiger partial charge in [-0.3, -0.25) is 0 Å². The van der Waals surface area contributed by atoms with Crippen LogP contribution in [0.4, 0.5) is 0 Å². The number of carbonyl (C=O) groups is 1. The molecule has 0 spiro atoms. The molecule has 0 fully saturated rings. The maximum atomic E-state index is 11.4. The van der Waals surface area contributed by atoms with Gasteiger partial charge in [-0.25, -0.2) is 4.79 Å². The van der Waals surface area contributed by atoms with E-state index in [1.165, 1.54) is 7.11 Å². The van der Waals surface area contributed by atoms with Gasteiger partial charge in [-0.2, -0.15) is 0 Å². The van der Waals surface area contributed by atoms with Crippen molar-refractivity contribution in [1.29, 1.82) is 0 Å². The van der Waals surface area contributed by atoms with E-state index in [1.54, 1.807) is 6.92 Å². The molecule has 0 saturated heterocycles. The zero-order valence-electron chi connectivity index (χ0n) is 12.1. The van der Waals surface area contributed by atoms with Crippen molar-refractivity contribution in [2.24, 2.45) is 0 Å². The molecule has 20 heavy (non-hydrogen) atoms. The monoisotopic (exact) mass is 273 g/mol. The Morgan fingerprint density at radius 2 is 2.15 bits per heavy atom. The summed E-state index contributed by atoms with van der Waals surface area (Å²) in [7, 11) is 1.39. The second-order valence-corrected chi connectivity index (χ2v) is 4.47. The molecule has 0 amide bonds. The maximum Gasteiger partial charge on any atom is 0.333 e. The molecule has 0 saturated carbocycles. The molecule has 106 valence electrons. The molecule has 0 bridgehead atoms. The molecule has 0 aliphatic heterocycles. The molecule has 0 radical (unpaired) electrons. The molecule has 0 atom stereocenters. The molecular formula is C16H19NO3. The molecule has 2 aromatic rings. The van der Waals surface area contributed by atoms with Gasteiger partial charge in [-0.1, -0.05) is 12.1 Å². The summed E-state index contributed by atoms with van der Waals surface area (Å²) in [5.41, 5.74) is 1.69. The smallest absolute Gasteiger partial charge is 0.333 e. The van der Waals surface area contributed by atoms with Crippen LogP contribution < -0.4 is 4.74 Å². The molecule has 4 nitrogen and oxygen atoms in total. The fraction of sp³-hybridized carbons (Fsp3) is 0.312. The third-order valence-electron chi connectivity index (χ3n) is 3.18. The van der Waals surface area contributed by atoms with Crippen LogP contribution >= 0.6 is 0 Å². The first kappa shape index (κ1) is 14.2. The molecule has 0 aliphatic carbocycles. The highest BCUT2D eigenvalue weighted by Crippen LogP contribution is 2.26. The van der Waals surface area contributed by atoms with Gasteiger partial charge in [0, 0.05) is 23.7 Å². The zero-order chi connectivity index (χ0) is 14.5. The standard InChI is InChI=1S/C16H19NO3/c1-4-20-15-7-5-6-14-13(15)9-11-17(14)10-8-12(2)16(18)19-3/h5-9,11H,4,10H2,1-3H3/b12-8-. The minimum absolute atomic E-state index is 0.295. The Balaban J connectivity index is 2.28. The lowest BCUT2D eigenvalue weighted by atomic mass is 10.2. The van der Waals surface area contributed by atoms with Crippen LogP contribution in [0.15, 0.2) is 42.1 Å². The Morgan fingerprint density at radius 1 is 1.35 bits per heavy atom. The molecule has 1 aromatic heterocycles. The third-order valence-corrected chi connectivity index (χ3v) is 3.18. The number of nitrogens with zero attached hydrogens (tertiary/aromatic N) is 1. The minimum Gasteiger partial charge on any atom is -0.493 e. The highest BCUT2D eigenvalue weighted by molar-refractivity contribution is 5.88. The van der Waals surface area contributed by atoms with Crippen molar-refractivity contribution in [2.75, 3.05) is 13.7 Å². The number of rotatable bonds is 5. The second kappa shape index (κ2) is 6.28. The largest absolute Gasteiger partial charge is 0.493 e. The SMILES string of the molecule is CCOc1cccc2c1ccn2C/C=C(/C)C(=O)OC. The van der Waals surface area contributed by atoms with Crippen molar-refractivity contribution >= 4 is 16.9 Å². The lowest BCUT2D eigenvalue weighted by Gasteiger charge is -2.06. The summed E-state index contributed by atoms with van der Waals surface area (Å²) in [6, 6.07) is 8.01. The average molecular weight is 273 g/mol. The number of ether oxygens (including phenoxy) is 2. The van der Waals surface area contributed by atoms with E-state index < -0.39 is 0 Å². The molecular weight excluding hydrogens is 254 g/mol. The first-order valence-electron chi connectivity index (χ1n) is 6.63. The lowest BCUT2D eigenvalue weighted by Crippen LogP contribution is -2.03. The van der Waals surface area contributed by atoms with Gasteiger partial charge in [0.1, 0.15) is 5.75 Å². The van der Waals surface area contributed by atoms with E-state index in [1.807, 2.05) is 43.5 Å². The van der Waals surface area contributed by atoms with Crippen molar-refractivity contribution in [3.05, 3.63) is 42.1 Å². The molecule has 2 rings (SSSR count). The van der Waals surface area contributed by atoms with E-state index in [4.69, 9.17) is 4.74 Å². The number of esters is 1. The van der Waals surface area contributed by atoms with E-state index in [2.05, 4.69) is 9.30 Å². The van der Waals surface area contributed by atoms with E-state index in [-0.39, 0.29) is 5.97 Å². The van der Waals surface area contributed by atoms with Crippen molar-refractivity contribution in [2.45, 2.75) is 20.4 Å². The van der Waals surface area contributed by atoms with Gasteiger partial charge < -0.3 is 14.0 Å². The Morgan fingerprint density at radius 3 is 2.85 bits per heavy atom. The number of fused-ring (bicyclic) bond motifs is 1. The predicted molar refractivity (Wildman–Crippen MR) is 78.9 cm³/mol. The first-order chi connectivity index (χ1) is 9.67. The number of hydrogen-bond acceptors (Lipinski definition) is 3. The fourth-order valence-electron chi connectivity index (χ4n) is 2.12. The second-order valence-electron chi connectivity index (χ2n) is 4.47. The Labute approximate surface area is 118 Å². The van der Waals surface area contributed by atoms with Gasteiger partial charge in [0.05, 0.1) is 19.2 Å². The van der Waals surface area contributed by atoms with Crippen molar-refractivity contribution in [3.8, 4) is 5.75 Å². The first-order valence-corrected chi connectivity index (χ1v) is 6.63. The highest BCUT2D eigenvalue weighted by atomic mass is 16.5. The number of allylic oxidation sites excluding steroid dienone is 1. The van der Waals surface area contributed by atoms with Crippen molar-refractivity contribution < 1.29 is 14.3 Å². The summed E-state index contributed by atoms with van der Waals surface area (Å²) in [4.78, 5) is 11.4. The van der Waals surface area contributed by atoms with Gasteiger partial charge in [0.25, 0.3) is 0 Å². The maximum absolute atomic E-state index is 11.4. The van der Waals surface area contributed by atoms with Crippen molar-refractivity contribution in [1.82, 2.24) is 4.57 Å². The molecule has 1 heterocycles.